The van der Waals surface area contributed by atoms with E-state index in [0.717, 1.165) is 0 Å². The first kappa shape index (κ1) is 15.2. The average Bonchev–Trinajstić information content (AvgIpc) is 2.26. The van der Waals surface area contributed by atoms with E-state index < -0.39 is 18.8 Å². The van der Waals surface area contributed by atoms with Crippen molar-refractivity contribution in [1.82, 2.24) is 9.80 Å². The molecular formula is C11H20F3N3O. The quantitative estimate of drug-likeness (QED) is 0.818. The molecule has 0 bridgehead atoms. The molecule has 0 saturated carbocycles. The van der Waals surface area contributed by atoms with Crippen molar-refractivity contribution in [3.05, 3.63) is 0 Å². The van der Waals surface area contributed by atoms with Crippen LogP contribution in [0.1, 0.15) is 13.8 Å². The van der Waals surface area contributed by atoms with E-state index in [-0.39, 0.29) is 24.9 Å². The number of nitrogens with two attached hydrogens (primary N) is 1. The first-order chi connectivity index (χ1) is 8.20. The van der Waals surface area contributed by atoms with Crippen molar-refractivity contribution in [2.45, 2.75) is 26.1 Å². The Morgan fingerprint density at radius 2 is 1.72 bits per heavy atom. The monoisotopic (exact) mass is 267 g/mol. The Balaban J connectivity index is 2.42. The molecule has 18 heavy (non-hydrogen) atoms. The zero-order valence-electron chi connectivity index (χ0n) is 10.7. The van der Waals surface area contributed by atoms with Gasteiger partial charge >= 0.3 is 6.18 Å². The van der Waals surface area contributed by atoms with Gasteiger partial charge in [-0.05, 0) is 5.92 Å². The first-order valence-corrected chi connectivity index (χ1v) is 6.04. The molecule has 106 valence electrons. The van der Waals surface area contributed by atoms with Gasteiger partial charge < -0.3 is 10.6 Å². The van der Waals surface area contributed by atoms with E-state index in [0.29, 0.717) is 13.1 Å². The topological polar surface area (TPSA) is 49.6 Å². The largest absolute Gasteiger partial charge is 0.401 e. The molecule has 1 heterocycles. The van der Waals surface area contributed by atoms with Crippen LogP contribution in [0, 0.1) is 5.92 Å². The third-order valence-corrected chi connectivity index (χ3v) is 3.09. The molecular weight excluding hydrogens is 247 g/mol. The van der Waals surface area contributed by atoms with Crippen LogP contribution in [-0.2, 0) is 4.79 Å². The fourth-order valence-electron chi connectivity index (χ4n) is 1.88. The van der Waals surface area contributed by atoms with Gasteiger partial charge in [0.05, 0.1) is 12.6 Å². The van der Waals surface area contributed by atoms with Gasteiger partial charge in [-0.1, -0.05) is 13.8 Å². The summed E-state index contributed by atoms with van der Waals surface area (Å²) >= 11 is 0. The van der Waals surface area contributed by atoms with Crippen LogP contribution in [0.4, 0.5) is 13.2 Å². The van der Waals surface area contributed by atoms with E-state index >= 15 is 0 Å². The number of rotatable bonds is 3. The molecule has 1 aliphatic heterocycles. The third-order valence-electron chi connectivity index (χ3n) is 3.09. The van der Waals surface area contributed by atoms with Crippen LogP contribution in [0.5, 0.6) is 0 Å². The predicted octanol–water partition coefficient (Wildman–Crippen LogP) is 0.676. The van der Waals surface area contributed by atoms with Crippen LogP contribution in [0.3, 0.4) is 0 Å². The van der Waals surface area contributed by atoms with Gasteiger partial charge in [-0.2, -0.15) is 13.2 Å². The van der Waals surface area contributed by atoms with Crippen molar-refractivity contribution in [2.75, 3.05) is 32.7 Å². The normalized spacial score (nSPS) is 20.3. The summed E-state index contributed by atoms with van der Waals surface area (Å²) in [6.07, 6.45) is -4.18. The number of nitrogens with zero attached hydrogens (tertiary/aromatic N) is 2. The van der Waals surface area contributed by atoms with Gasteiger partial charge in [0, 0.05) is 26.2 Å². The number of carbonyl (C=O) groups is 1. The molecule has 0 aromatic heterocycles. The number of hydrogen-bond acceptors (Lipinski definition) is 3. The smallest absolute Gasteiger partial charge is 0.339 e. The third kappa shape index (κ3) is 4.45. The molecule has 1 unspecified atom stereocenters. The molecule has 0 spiro atoms. The maximum absolute atomic E-state index is 12.2. The van der Waals surface area contributed by atoms with Gasteiger partial charge in [0.15, 0.2) is 0 Å². The van der Waals surface area contributed by atoms with Gasteiger partial charge in [0.2, 0.25) is 5.91 Å². The molecule has 0 aromatic carbocycles. The summed E-state index contributed by atoms with van der Waals surface area (Å²) in [6, 6.07) is -0.570. The van der Waals surface area contributed by atoms with Gasteiger partial charge in [0.1, 0.15) is 0 Å². The second-order valence-electron chi connectivity index (χ2n) is 4.99. The highest BCUT2D eigenvalue weighted by atomic mass is 19.4. The SMILES string of the molecule is CC(C)C(N)C(=O)N1CCN(CC(F)(F)F)CC1. The molecule has 2 N–H and O–H groups in total. The number of amides is 1. The standard InChI is InChI=1S/C11H20F3N3O/c1-8(2)9(15)10(18)17-5-3-16(4-6-17)7-11(12,13)14/h8-9H,3-7,15H2,1-2H3. The maximum Gasteiger partial charge on any atom is 0.401 e. The summed E-state index contributed by atoms with van der Waals surface area (Å²) < 4.78 is 36.6. The Bertz CT molecular complexity index is 286. The minimum absolute atomic E-state index is 0.0331. The Hall–Kier alpha value is -0.820. The molecule has 1 aliphatic rings. The predicted molar refractivity (Wildman–Crippen MR) is 61.9 cm³/mol. The Kier molecular flexibility index (Phi) is 4.98. The summed E-state index contributed by atoms with van der Waals surface area (Å²) in [6.45, 7) is 3.91. The fourth-order valence-corrected chi connectivity index (χ4v) is 1.88. The molecule has 7 heteroatoms. The van der Waals surface area contributed by atoms with Crippen LogP contribution < -0.4 is 5.73 Å². The van der Waals surface area contributed by atoms with Gasteiger partial charge in [-0.15, -0.1) is 0 Å². The first-order valence-electron chi connectivity index (χ1n) is 6.04. The molecule has 1 rings (SSSR count). The van der Waals surface area contributed by atoms with Crippen LogP contribution in [0.25, 0.3) is 0 Å². The number of piperazine rings is 1. The lowest BCUT2D eigenvalue weighted by molar-refractivity contribution is -0.152. The number of carbonyl (C=O) groups excluding carboxylic acids is 1. The molecule has 1 fully saturated rings. The molecule has 0 aromatic rings. The highest BCUT2D eigenvalue weighted by molar-refractivity contribution is 5.82. The molecule has 1 amide bonds. The number of hydrogen-bond donors (Lipinski definition) is 1. The summed E-state index contributed by atoms with van der Waals surface area (Å²) in [7, 11) is 0. The Morgan fingerprint density at radius 3 is 2.11 bits per heavy atom. The lowest BCUT2D eigenvalue weighted by atomic mass is 10.0. The molecule has 1 atom stereocenters. The van der Waals surface area contributed by atoms with Crippen LogP contribution >= 0.6 is 0 Å². The van der Waals surface area contributed by atoms with E-state index in [1.165, 1.54) is 4.90 Å². The highest BCUT2D eigenvalue weighted by Gasteiger charge is 2.33. The molecule has 0 radical (unpaired) electrons. The van der Waals surface area contributed by atoms with Crippen LogP contribution in [0.15, 0.2) is 0 Å². The number of alkyl halides is 3. The zero-order chi connectivity index (χ0) is 13.9. The Morgan fingerprint density at radius 1 is 1.22 bits per heavy atom. The van der Waals surface area contributed by atoms with Crippen molar-refractivity contribution in [2.24, 2.45) is 11.7 Å². The second kappa shape index (κ2) is 5.88. The fraction of sp³-hybridized carbons (Fsp3) is 0.909. The van der Waals surface area contributed by atoms with Gasteiger partial charge in [-0.3, -0.25) is 9.69 Å². The highest BCUT2D eigenvalue weighted by Crippen LogP contribution is 2.17. The lowest BCUT2D eigenvalue weighted by Crippen LogP contribution is -2.55. The summed E-state index contributed by atoms with van der Waals surface area (Å²) in [4.78, 5) is 14.8. The van der Waals surface area contributed by atoms with Crippen molar-refractivity contribution in [3.63, 3.8) is 0 Å². The van der Waals surface area contributed by atoms with E-state index in [4.69, 9.17) is 5.73 Å². The van der Waals surface area contributed by atoms with Crippen molar-refractivity contribution >= 4 is 5.91 Å². The second-order valence-corrected chi connectivity index (χ2v) is 4.99. The lowest BCUT2D eigenvalue weighted by Gasteiger charge is -2.36. The van der Waals surface area contributed by atoms with Crippen LogP contribution in [0.2, 0.25) is 0 Å². The van der Waals surface area contributed by atoms with Gasteiger partial charge in [0.25, 0.3) is 0 Å². The summed E-state index contributed by atoms with van der Waals surface area (Å²) in [5.74, 6) is -0.137. The van der Waals surface area contributed by atoms with Gasteiger partial charge in [-0.25, -0.2) is 0 Å². The molecule has 1 saturated heterocycles. The zero-order valence-corrected chi connectivity index (χ0v) is 10.7. The van der Waals surface area contributed by atoms with Crippen molar-refractivity contribution in [1.29, 1.82) is 0 Å². The Labute approximate surface area is 105 Å². The summed E-state index contributed by atoms with van der Waals surface area (Å²) in [5.41, 5.74) is 5.74. The minimum Gasteiger partial charge on any atom is -0.339 e. The van der Waals surface area contributed by atoms with Crippen molar-refractivity contribution in [3.8, 4) is 0 Å². The summed E-state index contributed by atoms with van der Waals surface area (Å²) in [5, 5.41) is 0. The molecule has 4 nitrogen and oxygen atoms in total. The molecule has 0 aliphatic carbocycles. The van der Waals surface area contributed by atoms with Crippen LogP contribution in [-0.4, -0.2) is 60.6 Å². The number of halogens is 3. The van der Waals surface area contributed by atoms with E-state index in [2.05, 4.69) is 0 Å². The van der Waals surface area contributed by atoms with E-state index in [1.807, 2.05) is 13.8 Å². The van der Waals surface area contributed by atoms with Crippen molar-refractivity contribution < 1.29 is 18.0 Å². The minimum atomic E-state index is -4.18. The van der Waals surface area contributed by atoms with E-state index in [9.17, 15) is 18.0 Å². The average molecular weight is 267 g/mol. The van der Waals surface area contributed by atoms with E-state index in [1.54, 1.807) is 4.90 Å². The maximum atomic E-state index is 12.2.